The fraction of sp³-hybridized carbons (Fsp3) is 0.400. The van der Waals surface area contributed by atoms with Crippen LogP contribution in [0.4, 0.5) is 0 Å². The third-order valence-corrected chi connectivity index (χ3v) is 6.24. The van der Waals surface area contributed by atoms with Gasteiger partial charge in [0.2, 0.25) is 5.88 Å². The Hall–Kier alpha value is -2.51. The van der Waals surface area contributed by atoms with Gasteiger partial charge in [0.1, 0.15) is 18.8 Å². The third-order valence-electron chi connectivity index (χ3n) is 5.64. The molecule has 28 heavy (non-hydrogen) atoms. The van der Waals surface area contributed by atoms with Crippen LogP contribution in [0.5, 0.6) is 5.88 Å². The van der Waals surface area contributed by atoms with Crippen molar-refractivity contribution < 1.29 is 4.74 Å². The molecule has 1 saturated carbocycles. The van der Waals surface area contributed by atoms with Crippen LogP contribution in [0.2, 0.25) is 0 Å². The quantitative estimate of drug-likeness (QED) is 0.685. The molecule has 0 atom stereocenters. The fourth-order valence-electron chi connectivity index (χ4n) is 4.10. The van der Waals surface area contributed by atoms with Crippen molar-refractivity contribution in [3.63, 3.8) is 0 Å². The van der Waals surface area contributed by atoms with E-state index in [-0.39, 0.29) is 11.0 Å². The Kier molecular flexibility index (Phi) is 4.49. The van der Waals surface area contributed by atoms with Crippen molar-refractivity contribution in [3.05, 3.63) is 60.1 Å². The molecule has 0 spiro atoms. The van der Waals surface area contributed by atoms with Crippen LogP contribution in [0.3, 0.4) is 0 Å². The lowest BCUT2D eigenvalue weighted by atomic mass is 9.81. The molecule has 1 N–H and O–H groups in total. The van der Waals surface area contributed by atoms with Crippen LogP contribution in [0.15, 0.2) is 43.1 Å². The molecule has 3 heterocycles. The first-order valence-corrected chi connectivity index (χ1v) is 9.94. The van der Waals surface area contributed by atoms with Crippen LogP contribution in [0, 0.1) is 0 Å². The van der Waals surface area contributed by atoms with Crippen molar-refractivity contribution in [2.75, 3.05) is 0 Å². The summed E-state index contributed by atoms with van der Waals surface area (Å²) in [6.07, 6.45) is 8.66. The summed E-state index contributed by atoms with van der Waals surface area (Å²) < 4.78 is 8.03. The Labute approximate surface area is 168 Å². The van der Waals surface area contributed by atoms with Crippen LogP contribution in [0.1, 0.15) is 42.6 Å². The molecule has 7 nitrogen and oxygen atoms in total. The van der Waals surface area contributed by atoms with E-state index < -0.39 is 0 Å². The second-order valence-corrected chi connectivity index (χ2v) is 8.12. The molecule has 144 valence electrons. The predicted octanol–water partition coefficient (Wildman–Crippen LogP) is 3.12. The second-order valence-electron chi connectivity index (χ2n) is 7.39. The predicted molar refractivity (Wildman–Crippen MR) is 104 cm³/mol. The molecule has 2 aliphatic rings. The van der Waals surface area contributed by atoms with Crippen LogP contribution in [-0.2, 0) is 18.0 Å². The highest BCUT2D eigenvalue weighted by atomic mass is 35.5. The number of fused-ring (bicyclic) bond motifs is 3. The van der Waals surface area contributed by atoms with Gasteiger partial charge in [0.05, 0.1) is 17.1 Å². The number of nitrogens with one attached hydrogen (secondary N) is 1. The van der Waals surface area contributed by atoms with Crippen molar-refractivity contribution >= 4 is 11.6 Å². The highest BCUT2D eigenvalue weighted by Crippen LogP contribution is 2.44. The minimum atomic E-state index is -0.358. The molecule has 8 heteroatoms. The summed E-state index contributed by atoms with van der Waals surface area (Å²) in [5.41, 5.74) is 3.51. The van der Waals surface area contributed by atoms with E-state index in [9.17, 15) is 0 Å². The smallest absolute Gasteiger partial charge is 0.216 e. The van der Waals surface area contributed by atoms with E-state index >= 15 is 0 Å². The van der Waals surface area contributed by atoms with E-state index in [4.69, 9.17) is 16.3 Å². The summed E-state index contributed by atoms with van der Waals surface area (Å²) in [7, 11) is 0. The largest absolute Gasteiger partial charge is 0.474 e. The lowest BCUT2D eigenvalue weighted by molar-refractivity contribution is 0.132. The van der Waals surface area contributed by atoms with Crippen molar-refractivity contribution in [1.82, 2.24) is 30.0 Å². The van der Waals surface area contributed by atoms with E-state index in [1.165, 1.54) is 17.5 Å². The number of halogens is 1. The van der Waals surface area contributed by atoms with E-state index in [0.717, 1.165) is 43.7 Å². The first kappa shape index (κ1) is 17.6. The summed E-state index contributed by atoms with van der Waals surface area (Å²) in [6.45, 7) is 1.50. The van der Waals surface area contributed by atoms with Gasteiger partial charge in [-0.3, -0.25) is 4.57 Å². The zero-order chi connectivity index (χ0) is 19.0. The molecule has 3 aromatic rings. The molecule has 0 radical (unpaired) electrons. The van der Waals surface area contributed by atoms with Gasteiger partial charge in [-0.1, -0.05) is 12.1 Å². The lowest BCUT2D eigenvalue weighted by Gasteiger charge is -2.36. The number of ether oxygens (including phenoxy) is 1. The lowest BCUT2D eigenvalue weighted by Crippen LogP contribution is -2.32. The highest BCUT2D eigenvalue weighted by molar-refractivity contribution is 6.24. The molecule has 1 fully saturated rings. The van der Waals surface area contributed by atoms with E-state index in [2.05, 4.69) is 43.7 Å². The molecule has 1 aromatic carbocycles. The topological polar surface area (TPSA) is 77.8 Å². The molecule has 0 saturated heterocycles. The second kappa shape index (κ2) is 7.14. The number of hydrogen-bond acceptors (Lipinski definition) is 6. The maximum Gasteiger partial charge on any atom is 0.216 e. The summed E-state index contributed by atoms with van der Waals surface area (Å²) in [5, 5.41) is 11.6. The minimum absolute atomic E-state index is 0.142. The molecule has 0 amide bonds. The molecular weight excluding hydrogens is 376 g/mol. The van der Waals surface area contributed by atoms with Crippen LogP contribution >= 0.6 is 11.6 Å². The first-order valence-electron chi connectivity index (χ1n) is 9.56. The minimum Gasteiger partial charge on any atom is -0.474 e. The van der Waals surface area contributed by atoms with E-state index in [1.807, 2.05) is 4.57 Å². The molecule has 1 aliphatic carbocycles. The Morgan fingerprint density at radius 3 is 2.89 bits per heavy atom. The van der Waals surface area contributed by atoms with Crippen molar-refractivity contribution in [3.8, 4) is 11.6 Å². The standard InChI is InChI=1S/C20H21ClN6O/c21-20(6-3-16(4-7-20)28-19-5-8-22-12-24-19)15-1-2-17-14(9-15)10-23-11-18-26-25-13-27(17)18/h1-2,5,8-9,12-13,16,23H,3-4,6-7,10-11H2. The monoisotopic (exact) mass is 396 g/mol. The van der Waals surface area contributed by atoms with Crippen LogP contribution < -0.4 is 10.1 Å². The van der Waals surface area contributed by atoms with Gasteiger partial charge in [0, 0.05) is 18.8 Å². The average Bonchev–Trinajstić information content (AvgIpc) is 3.12. The number of aromatic nitrogens is 5. The number of rotatable bonds is 3. The van der Waals surface area contributed by atoms with Gasteiger partial charge >= 0.3 is 0 Å². The van der Waals surface area contributed by atoms with E-state index in [0.29, 0.717) is 12.4 Å². The van der Waals surface area contributed by atoms with Gasteiger partial charge in [-0.15, -0.1) is 21.8 Å². The summed E-state index contributed by atoms with van der Waals surface area (Å²) >= 11 is 7.10. The Morgan fingerprint density at radius 2 is 2.07 bits per heavy atom. The van der Waals surface area contributed by atoms with Crippen molar-refractivity contribution in [1.29, 1.82) is 0 Å². The summed E-state index contributed by atoms with van der Waals surface area (Å²) in [4.78, 5) is 7.72. The molecular formula is C20H21ClN6O. The normalized spacial score (nSPS) is 24.1. The zero-order valence-electron chi connectivity index (χ0n) is 15.4. The first-order chi connectivity index (χ1) is 13.7. The van der Waals surface area contributed by atoms with Crippen molar-refractivity contribution in [2.45, 2.75) is 49.8 Å². The van der Waals surface area contributed by atoms with Crippen LogP contribution in [-0.4, -0.2) is 30.8 Å². The molecule has 0 bridgehead atoms. The summed E-state index contributed by atoms with van der Waals surface area (Å²) in [6, 6.07) is 8.31. The number of nitrogens with zero attached hydrogens (tertiary/aromatic N) is 5. The Bertz CT molecular complexity index is 968. The van der Waals surface area contributed by atoms with Gasteiger partial charge in [-0.2, -0.15) is 0 Å². The number of benzene rings is 1. The molecule has 1 aliphatic heterocycles. The number of hydrogen-bond donors (Lipinski definition) is 1. The van der Waals surface area contributed by atoms with Gasteiger partial charge in [-0.25, -0.2) is 9.97 Å². The van der Waals surface area contributed by atoms with Gasteiger partial charge in [0.25, 0.3) is 0 Å². The maximum atomic E-state index is 7.10. The van der Waals surface area contributed by atoms with Gasteiger partial charge in [0.15, 0.2) is 5.82 Å². The maximum absolute atomic E-state index is 7.10. The Balaban J connectivity index is 1.34. The van der Waals surface area contributed by atoms with Crippen LogP contribution in [0.25, 0.3) is 5.69 Å². The molecule has 0 unspecified atom stereocenters. The average molecular weight is 397 g/mol. The Morgan fingerprint density at radius 1 is 1.18 bits per heavy atom. The van der Waals surface area contributed by atoms with E-state index in [1.54, 1.807) is 18.6 Å². The molecule has 5 rings (SSSR count). The number of alkyl halides is 1. The molecule has 2 aromatic heterocycles. The van der Waals surface area contributed by atoms with Gasteiger partial charge < -0.3 is 10.1 Å². The highest BCUT2D eigenvalue weighted by Gasteiger charge is 2.36. The zero-order valence-corrected chi connectivity index (χ0v) is 16.1. The SMILES string of the molecule is ClC1(c2ccc3c(c2)CNCc2nncn2-3)CCC(Oc2ccncn2)CC1. The van der Waals surface area contributed by atoms with Gasteiger partial charge in [-0.05, 0) is 42.9 Å². The third kappa shape index (κ3) is 3.25. The summed E-state index contributed by atoms with van der Waals surface area (Å²) in [5.74, 6) is 1.55. The van der Waals surface area contributed by atoms with Crippen molar-refractivity contribution in [2.24, 2.45) is 0 Å². The fourth-order valence-corrected chi connectivity index (χ4v) is 4.44.